The van der Waals surface area contributed by atoms with Crippen molar-refractivity contribution in [2.45, 2.75) is 43.5 Å². The van der Waals surface area contributed by atoms with Gasteiger partial charge in [-0.3, -0.25) is 4.79 Å². The topological polar surface area (TPSA) is 82.0 Å². The lowest BCUT2D eigenvalue weighted by Crippen LogP contribution is -2.65. The number of likely N-dealkylation sites (tertiary alicyclic amines) is 1. The molecule has 6 heteroatoms. The Labute approximate surface area is 154 Å². The van der Waals surface area contributed by atoms with Gasteiger partial charge in [-0.25, -0.2) is 0 Å². The van der Waals surface area contributed by atoms with Crippen molar-refractivity contribution in [3.63, 3.8) is 0 Å². The van der Waals surface area contributed by atoms with Gasteiger partial charge in [0.05, 0.1) is 29.8 Å². The van der Waals surface area contributed by atoms with Crippen molar-refractivity contribution in [1.82, 2.24) is 10.2 Å². The van der Waals surface area contributed by atoms with Crippen molar-refractivity contribution in [2.24, 2.45) is 5.41 Å². The van der Waals surface area contributed by atoms with E-state index in [9.17, 15) is 15.0 Å². The first kappa shape index (κ1) is 17.9. The highest BCUT2D eigenvalue weighted by Gasteiger charge is 2.49. The summed E-state index contributed by atoms with van der Waals surface area (Å²) >= 11 is 0. The van der Waals surface area contributed by atoms with Gasteiger partial charge in [0.2, 0.25) is 5.91 Å². The Hall–Kier alpha value is -1.47. The zero-order chi connectivity index (χ0) is 18.2. The molecule has 3 aliphatic rings. The number of ether oxygens (including phenoxy) is 1. The summed E-state index contributed by atoms with van der Waals surface area (Å²) in [6.07, 6.45) is 2.23. The summed E-state index contributed by atoms with van der Waals surface area (Å²) in [5.74, 6) is 0.0459. The molecule has 26 heavy (non-hydrogen) atoms. The van der Waals surface area contributed by atoms with Crippen molar-refractivity contribution in [3.8, 4) is 0 Å². The summed E-state index contributed by atoms with van der Waals surface area (Å²) in [7, 11) is 0. The Balaban J connectivity index is 1.43. The Bertz CT molecular complexity index is 633. The van der Waals surface area contributed by atoms with Crippen LogP contribution in [-0.2, 0) is 9.53 Å². The number of hydrogen-bond acceptors (Lipinski definition) is 5. The van der Waals surface area contributed by atoms with Crippen LogP contribution >= 0.6 is 0 Å². The van der Waals surface area contributed by atoms with Gasteiger partial charge in [0.1, 0.15) is 0 Å². The van der Waals surface area contributed by atoms with Crippen molar-refractivity contribution in [1.29, 1.82) is 0 Å². The summed E-state index contributed by atoms with van der Waals surface area (Å²) in [5.41, 5.74) is 0.104. The molecule has 1 spiro atoms. The van der Waals surface area contributed by atoms with E-state index in [1.54, 1.807) is 0 Å². The molecule has 1 amide bonds. The first-order valence-electron chi connectivity index (χ1n) is 9.58. The number of hydrogen-bond donors (Lipinski definition) is 3. The van der Waals surface area contributed by atoms with E-state index in [1.165, 1.54) is 0 Å². The summed E-state index contributed by atoms with van der Waals surface area (Å²) in [5, 5.41) is 23.2. The second-order valence-corrected chi connectivity index (χ2v) is 8.13. The fraction of sp³-hybridized carbons (Fsp3) is 0.650. The van der Waals surface area contributed by atoms with E-state index in [-0.39, 0.29) is 30.3 Å². The van der Waals surface area contributed by atoms with Gasteiger partial charge < -0.3 is 25.2 Å². The third-order valence-electron chi connectivity index (χ3n) is 6.30. The lowest BCUT2D eigenvalue weighted by atomic mass is 9.78. The van der Waals surface area contributed by atoms with Crippen LogP contribution in [0.15, 0.2) is 30.3 Å². The smallest absolute Gasteiger partial charge is 0.233 e. The van der Waals surface area contributed by atoms with Crippen LogP contribution in [0.1, 0.15) is 37.4 Å². The van der Waals surface area contributed by atoms with E-state index >= 15 is 0 Å². The molecule has 0 aliphatic carbocycles. The second-order valence-electron chi connectivity index (χ2n) is 8.13. The number of nitrogens with one attached hydrogen (secondary N) is 1. The average molecular weight is 360 g/mol. The van der Waals surface area contributed by atoms with Crippen LogP contribution in [0.5, 0.6) is 0 Å². The third-order valence-corrected chi connectivity index (χ3v) is 6.30. The van der Waals surface area contributed by atoms with Gasteiger partial charge in [-0.2, -0.15) is 0 Å². The molecule has 3 heterocycles. The molecule has 0 bridgehead atoms. The maximum Gasteiger partial charge on any atom is 0.233 e. The molecule has 3 N–H and O–H groups in total. The fourth-order valence-electron chi connectivity index (χ4n) is 4.56. The minimum absolute atomic E-state index is 0.0459. The number of carbonyl (C=O) groups is 1. The molecule has 142 valence electrons. The number of aliphatic hydroxyl groups is 2. The summed E-state index contributed by atoms with van der Waals surface area (Å²) in [6, 6.07) is 10.1. The zero-order valence-corrected chi connectivity index (χ0v) is 15.1. The number of benzene rings is 1. The van der Waals surface area contributed by atoms with E-state index in [2.05, 4.69) is 5.32 Å². The molecule has 4 rings (SSSR count). The Kier molecular flexibility index (Phi) is 4.77. The van der Waals surface area contributed by atoms with Crippen LogP contribution < -0.4 is 5.32 Å². The van der Waals surface area contributed by atoms with Crippen LogP contribution in [0.2, 0.25) is 0 Å². The number of rotatable bonds is 3. The molecule has 3 aliphatic heterocycles. The predicted molar refractivity (Wildman–Crippen MR) is 96.4 cm³/mol. The summed E-state index contributed by atoms with van der Waals surface area (Å²) in [4.78, 5) is 14.7. The van der Waals surface area contributed by atoms with Gasteiger partial charge in [0.15, 0.2) is 0 Å². The molecule has 1 aromatic rings. The molecule has 0 saturated carbocycles. The lowest BCUT2D eigenvalue weighted by Gasteiger charge is -2.50. The van der Waals surface area contributed by atoms with E-state index in [0.29, 0.717) is 39.0 Å². The normalized spacial score (nSPS) is 30.0. The first-order valence-corrected chi connectivity index (χ1v) is 9.58. The highest BCUT2D eigenvalue weighted by Crippen LogP contribution is 2.43. The largest absolute Gasteiger partial charge is 0.395 e. The fourth-order valence-corrected chi connectivity index (χ4v) is 4.56. The lowest BCUT2D eigenvalue weighted by molar-refractivity contribution is -0.189. The van der Waals surface area contributed by atoms with Crippen molar-refractivity contribution in [3.05, 3.63) is 35.9 Å². The van der Waals surface area contributed by atoms with Gasteiger partial charge in [0.25, 0.3) is 0 Å². The molecule has 0 unspecified atom stereocenters. The number of piperidine rings is 1. The number of aliphatic hydroxyl groups excluding tert-OH is 2. The highest BCUT2D eigenvalue weighted by molar-refractivity contribution is 5.84. The Morgan fingerprint density at radius 2 is 1.92 bits per heavy atom. The van der Waals surface area contributed by atoms with Gasteiger partial charge >= 0.3 is 0 Å². The highest BCUT2D eigenvalue weighted by atomic mass is 16.5. The van der Waals surface area contributed by atoms with Crippen LogP contribution in [0, 0.1) is 5.41 Å². The SMILES string of the molecule is O=C(N1CCC2(CC1)C[C@@H](O)C[C@H](c1ccccc1)O2)C1(CO)CNC1. The van der Waals surface area contributed by atoms with Gasteiger partial charge in [0, 0.05) is 39.0 Å². The summed E-state index contributed by atoms with van der Waals surface area (Å²) in [6.45, 7) is 2.24. The van der Waals surface area contributed by atoms with E-state index in [4.69, 9.17) is 4.74 Å². The number of carbonyl (C=O) groups excluding carboxylic acids is 1. The molecule has 0 radical (unpaired) electrons. The maximum atomic E-state index is 12.8. The minimum atomic E-state index is -0.635. The molecular formula is C20H28N2O4. The van der Waals surface area contributed by atoms with E-state index < -0.39 is 5.41 Å². The number of amides is 1. The van der Waals surface area contributed by atoms with Crippen molar-refractivity contribution >= 4 is 5.91 Å². The van der Waals surface area contributed by atoms with Gasteiger partial charge in [-0.1, -0.05) is 30.3 Å². The molecule has 3 fully saturated rings. The van der Waals surface area contributed by atoms with Crippen LogP contribution in [-0.4, -0.2) is 65.5 Å². The molecule has 6 nitrogen and oxygen atoms in total. The Morgan fingerprint density at radius 1 is 1.23 bits per heavy atom. The Morgan fingerprint density at radius 3 is 2.50 bits per heavy atom. The molecule has 2 atom stereocenters. The standard InChI is InChI=1S/C20H28N2O4/c23-14-19(12-21-13-19)18(25)22-8-6-20(7-9-22)11-16(24)10-17(26-20)15-4-2-1-3-5-15/h1-5,16-17,21,23-24H,6-14H2/t16-,17+/m0/s1. The minimum Gasteiger partial charge on any atom is -0.395 e. The van der Waals surface area contributed by atoms with E-state index in [1.807, 2.05) is 35.2 Å². The second kappa shape index (κ2) is 6.93. The molecule has 3 saturated heterocycles. The van der Waals surface area contributed by atoms with Crippen LogP contribution in [0.4, 0.5) is 0 Å². The maximum absolute atomic E-state index is 12.8. The van der Waals surface area contributed by atoms with Crippen molar-refractivity contribution in [2.75, 3.05) is 32.8 Å². The molecular weight excluding hydrogens is 332 g/mol. The van der Waals surface area contributed by atoms with Gasteiger partial charge in [-0.05, 0) is 18.4 Å². The monoisotopic (exact) mass is 360 g/mol. The summed E-state index contributed by atoms with van der Waals surface area (Å²) < 4.78 is 6.49. The predicted octanol–water partition coefficient (Wildman–Crippen LogP) is 0.842. The zero-order valence-electron chi connectivity index (χ0n) is 15.1. The molecule has 1 aromatic carbocycles. The van der Waals surface area contributed by atoms with Crippen molar-refractivity contribution < 1.29 is 19.7 Å². The van der Waals surface area contributed by atoms with Crippen LogP contribution in [0.3, 0.4) is 0 Å². The van der Waals surface area contributed by atoms with Crippen LogP contribution in [0.25, 0.3) is 0 Å². The number of nitrogens with zero attached hydrogens (tertiary/aromatic N) is 1. The van der Waals surface area contributed by atoms with Gasteiger partial charge in [-0.15, -0.1) is 0 Å². The van der Waals surface area contributed by atoms with E-state index in [0.717, 1.165) is 18.4 Å². The third kappa shape index (κ3) is 3.16. The average Bonchev–Trinajstić information content (AvgIpc) is 2.62. The quantitative estimate of drug-likeness (QED) is 0.744. The molecule has 0 aromatic heterocycles. The first-order chi connectivity index (χ1) is 12.6.